The molecule has 0 aromatic carbocycles. The van der Waals surface area contributed by atoms with Crippen LogP contribution in [0.1, 0.15) is 195 Å². The van der Waals surface area contributed by atoms with E-state index in [-0.39, 0.29) is 5.54 Å². The Balaban J connectivity index is 3.38. The summed E-state index contributed by atoms with van der Waals surface area (Å²) in [4.78, 5) is 0. The number of allylic oxidation sites excluding steroid dienone is 2. The molecule has 1 heteroatoms. The van der Waals surface area contributed by atoms with E-state index in [4.69, 9.17) is 5.73 Å². The van der Waals surface area contributed by atoms with Crippen LogP contribution in [0.5, 0.6) is 0 Å². The van der Waals surface area contributed by atoms with Crippen LogP contribution in [0, 0.1) is 5.92 Å². The zero-order valence-electron chi connectivity index (χ0n) is 25.2. The first-order valence-electron chi connectivity index (χ1n) is 16.5. The third-order valence-electron chi connectivity index (χ3n) is 7.95. The Hall–Kier alpha value is -0.300. The van der Waals surface area contributed by atoms with Crippen LogP contribution < -0.4 is 5.73 Å². The van der Waals surface area contributed by atoms with E-state index in [1.54, 1.807) is 0 Å². The molecule has 0 rings (SSSR count). The summed E-state index contributed by atoms with van der Waals surface area (Å²) in [5, 5.41) is 0. The molecule has 35 heavy (non-hydrogen) atoms. The zero-order valence-corrected chi connectivity index (χ0v) is 25.2. The number of hydrogen-bond acceptors (Lipinski definition) is 1. The predicted octanol–water partition coefficient (Wildman–Crippen LogP) is 12.1. The van der Waals surface area contributed by atoms with Gasteiger partial charge in [0.2, 0.25) is 0 Å². The highest BCUT2D eigenvalue weighted by molar-refractivity contribution is 4.86. The third-order valence-corrected chi connectivity index (χ3v) is 7.95. The molecule has 0 amide bonds. The van der Waals surface area contributed by atoms with Crippen molar-refractivity contribution in [2.75, 3.05) is 0 Å². The second kappa shape index (κ2) is 26.8. The summed E-state index contributed by atoms with van der Waals surface area (Å²) >= 11 is 0. The minimum atomic E-state index is 0.0697. The molecule has 0 fully saturated rings. The van der Waals surface area contributed by atoms with Crippen molar-refractivity contribution in [2.45, 2.75) is 200 Å². The second-order valence-corrected chi connectivity index (χ2v) is 12.2. The van der Waals surface area contributed by atoms with Crippen LogP contribution in [0.2, 0.25) is 0 Å². The van der Waals surface area contributed by atoms with Crippen LogP contribution in [0.15, 0.2) is 12.2 Å². The Bertz CT molecular complexity index is 424. The average Bonchev–Trinajstić information content (AvgIpc) is 2.83. The van der Waals surface area contributed by atoms with Crippen molar-refractivity contribution in [3.8, 4) is 0 Å². The maximum absolute atomic E-state index is 6.60. The minimum Gasteiger partial charge on any atom is -0.325 e. The van der Waals surface area contributed by atoms with E-state index in [0.717, 1.165) is 5.92 Å². The molecular weight excluding hydrogens is 422 g/mol. The monoisotopic (exact) mass is 492 g/mol. The molecule has 0 aromatic heterocycles. The lowest BCUT2D eigenvalue weighted by molar-refractivity contribution is 0.363. The Morgan fingerprint density at radius 2 is 0.914 bits per heavy atom. The Labute approximate surface area is 223 Å². The Kier molecular flexibility index (Phi) is 26.5. The highest BCUT2D eigenvalue weighted by Gasteiger charge is 2.16. The van der Waals surface area contributed by atoms with E-state index in [2.05, 4.69) is 39.8 Å². The molecule has 2 N–H and O–H groups in total. The fraction of sp³-hybridized carbons (Fsp3) is 0.941. The van der Waals surface area contributed by atoms with Gasteiger partial charge in [0.15, 0.2) is 0 Å². The van der Waals surface area contributed by atoms with Gasteiger partial charge in [-0.15, -0.1) is 0 Å². The van der Waals surface area contributed by atoms with Crippen LogP contribution in [-0.2, 0) is 0 Å². The van der Waals surface area contributed by atoms with E-state index >= 15 is 0 Å². The zero-order chi connectivity index (χ0) is 25.9. The fourth-order valence-electron chi connectivity index (χ4n) is 5.31. The van der Waals surface area contributed by atoms with E-state index < -0.39 is 0 Å². The van der Waals surface area contributed by atoms with Gasteiger partial charge in [0, 0.05) is 5.54 Å². The summed E-state index contributed by atoms with van der Waals surface area (Å²) in [6.45, 7) is 9.26. The van der Waals surface area contributed by atoms with Gasteiger partial charge < -0.3 is 5.73 Å². The molecule has 0 aliphatic heterocycles. The van der Waals surface area contributed by atoms with E-state index in [9.17, 15) is 0 Å². The number of rotatable bonds is 28. The van der Waals surface area contributed by atoms with Gasteiger partial charge in [-0.3, -0.25) is 0 Å². The standard InChI is InChI=1S/C34H69N/c1-5-7-9-10-11-12-14-17-20-23-27-31-34(4,35)32-28-24-21-18-15-13-16-19-22-26-30-33(3)29-25-8-6-2/h26,30,33H,5-25,27-29,31-32,35H2,1-4H3/b30-26+. The van der Waals surface area contributed by atoms with Gasteiger partial charge >= 0.3 is 0 Å². The first-order valence-corrected chi connectivity index (χ1v) is 16.5. The summed E-state index contributed by atoms with van der Waals surface area (Å²) in [5.41, 5.74) is 6.67. The van der Waals surface area contributed by atoms with E-state index in [0.29, 0.717) is 0 Å². The molecule has 0 aliphatic rings. The minimum absolute atomic E-state index is 0.0697. The maximum Gasteiger partial charge on any atom is 0.0125 e. The molecule has 0 heterocycles. The quantitative estimate of drug-likeness (QED) is 0.0854. The molecule has 0 saturated carbocycles. The van der Waals surface area contributed by atoms with Gasteiger partial charge in [-0.25, -0.2) is 0 Å². The summed E-state index contributed by atoms with van der Waals surface area (Å²) < 4.78 is 0. The van der Waals surface area contributed by atoms with Crippen molar-refractivity contribution in [3.05, 3.63) is 12.2 Å². The topological polar surface area (TPSA) is 26.0 Å². The number of unbranched alkanes of at least 4 members (excludes halogenated alkanes) is 20. The van der Waals surface area contributed by atoms with Gasteiger partial charge in [0.25, 0.3) is 0 Å². The second-order valence-electron chi connectivity index (χ2n) is 12.2. The lowest BCUT2D eigenvalue weighted by Crippen LogP contribution is -2.35. The molecule has 1 nitrogen and oxygen atoms in total. The van der Waals surface area contributed by atoms with Gasteiger partial charge in [0.1, 0.15) is 0 Å². The van der Waals surface area contributed by atoms with Gasteiger partial charge in [-0.2, -0.15) is 0 Å². The van der Waals surface area contributed by atoms with Crippen molar-refractivity contribution < 1.29 is 0 Å². The van der Waals surface area contributed by atoms with Crippen molar-refractivity contribution in [1.82, 2.24) is 0 Å². The molecule has 0 bridgehead atoms. The number of hydrogen-bond donors (Lipinski definition) is 1. The van der Waals surface area contributed by atoms with Crippen LogP contribution in [0.3, 0.4) is 0 Å². The molecule has 2 atom stereocenters. The highest BCUT2D eigenvalue weighted by atomic mass is 14.7. The molecule has 0 saturated heterocycles. The van der Waals surface area contributed by atoms with Crippen molar-refractivity contribution in [3.63, 3.8) is 0 Å². The van der Waals surface area contributed by atoms with Gasteiger partial charge in [-0.05, 0) is 44.9 Å². The summed E-state index contributed by atoms with van der Waals surface area (Å²) in [6.07, 6.45) is 40.9. The van der Waals surface area contributed by atoms with Crippen LogP contribution >= 0.6 is 0 Å². The SMILES string of the molecule is CCCCCCCCCCCCCC(C)(N)CCCCCCCCCC/C=C/C(C)CCCCC. The fourth-order valence-corrected chi connectivity index (χ4v) is 5.31. The smallest absolute Gasteiger partial charge is 0.0125 e. The summed E-state index contributed by atoms with van der Waals surface area (Å²) in [7, 11) is 0. The van der Waals surface area contributed by atoms with Crippen LogP contribution in [0.4, 0.5) is 0 Å². The largest absolute Gasteiger partial charge is 0.325 e. The van der Waals surface area contributed by atoms with Gasteiger partial charge in [-0.1, -0.05) is 168 Å². The molecule has 0 radical (unpaired) electrons. The number of nitrogens with two attached hydrogens (primary N) is 1. The van der Waals surface area contributed by atoms with E-state index in [1.165, 1.54) is 167 Å². The lowest BCUT2D eigenvalue weighted by Gasteiger charge is -2.24. The van der Waals surface area contributed by atoms with Crippen LogP contribution in [-0.4, -0.2) is 5.54 Å². The van der Waals surface area contributed by atoms with Crippen molar-refractivity contribution in [1.29, 1.82) is 0 Å². The Morgan fingerprint density at radius 3 is 1.37 bits per heavy atom. The first kappa shape index (κ1) is 34.7. The first-order chi connectivity index (χ1) is 17.0. The molecule has 0 aliphatic carbocycles. The molecule has 0 spiro atoms. The van der Waals surface area contributed by atoms with E-state index in [1.807, 2.05) is 0 Å². The third kappa shape index (κ3) is 28.1. The van der Waals surface area contributed by atoms with Crippen LogP contribution in [0.25, 0.3) is 0 Å². The Morgan fingerprint density at radius 1 is 0.543 bits per heavy atom. The maximum atomic E-state index is 6.60. The summed E-state index contributed by atoms with van der Waals surface area (Å²) in [5.74, 6) is 0.775. The van der Waals surface area contributed by atoms with Gasteiger partial charge in [0.05, 0.1) is 0 Å². The molecular formula is C34H69N. The molecule has 2 unspecified atom stereocenters. The molecule has 210 valence electrons. The highest BCUT2D eigenvalue weighted by Crippen LogP contribution is 2.21. The van der Waals surface area contributed by atoms with Crippen molar-refractivity contribution >= 4 is 0 Å². The average molecular weight is 492 g/mol. The van der Waals surface area contributed by atoms with Crippen molar-refractivity contribution in [2.24, 2.45) is 11.7 Å². The summed E-state index contributed by atoms with van der Waals surface area (Å²) in [6, 6.07) is 0. The molecule has 0 aromatic rings. The predicted molar refractivity (Wildman–Crippen MR) is 162 cm³/mol. The lowest BCUT2D eigenvalue weighted by atomic mass is 9.89. The normalized spacial score (nSPS) is 14.5.